The molecule has 1 aliphatic heterocycles. The minimum absolute atomic E-state index is 0.212. The van der Waals surface area contributed by atoms with E-state index in [0.717, 1.165) is 27.8 Å². The van der Waals surface area contributed by atoms with Crippen LogP contribution in [-0.4, -0.2) is 28.7 Å². The van der Waals surface area contributed by atoms with Crippen LogP contribution in [-0.2, 0) is 20.8 Å². The van der Waals surface area contributed by atoms with Crippen molar-refractivity contribution in [1.82, 2.24) is 4.90 Å². The molecule has 0 spiro atoms. The molecule has 0 unspecified atom stereocenters. The van der Waals surface area contributed by atoms with E-state index in [0.29, 0.717) is 10.7 Å². The Bertz CT molecular complexity index is 1520. The van der Waals surface area contributed by atoms with Gasteiger partial charge in [0.2, 0.25) is 17.7 Å². The van der Waals surface area contributed by atoms with E-state index in [1.165, 1.54) is 4.90 Å². The number of rotatable bonds is 5. The smallest absolute Gasteiger partial charge is 0.248 e. The molecule has 0 saturated carbocycles. The lowest BCUT2D eigenvalue weighted by molar-refractivity contribution is -0.146. The summed E-state index contributed by atoms with van der Waals surface area (Å²) in [5, 5.41) is 3.28. The van der Waals surface area contributed by atoms with E-state index in [1.807, 2.05) is 54.6 Å². The fourth-order valence-corrected chi connectivity index (χ4v) is 7.11. The van der Waals surface area contributed by atoms with Crippen LogP contribution in [0.1, 0.15) is 39.7 Å². The first kappa shape index (κ1) is 23.9. The van der Waals surface area contributed by atoms with Crippen molar-refractivity contribution in [3.05, 3.63) is 136 Å². The van der Waals surface area contributed by atoms with Crippen molar-refractivity contribution >= 4 is 35.0 Å². The molecule has 6 heteroatoms. The Balaban J connectivity index is 1.32. The molecule has 2 bridgehead atoms. The van der Waals surface area contributed by atoms with E-state index in [-0.39, 0.29) is 30.1 Å². The number of carbonyl (C=O) groups excluding carboxylic acids is 3. The van der Waals surface area contributed by atoms with Gasteiger partial charge in [0.05, 0.1) is 22.5 Å². The summed E-state index contributed by atoms with van der Waals surface area (Å²) in [6.07, 6.45) is 0.212. The van der Waals surface area contributed by atoms with Gasteiger partial charge >= 0.3 is 0 Å². The molecular formula is C33H25ClN2O3. The van der Waals surface area contributed by atoms with Crippen molar-refractivity contribution in [2.45, 2.75) is 24.3 Å². The summed E-state index contributed by atoms with van der Waals surface area (Å²) in [6, 6.07) is 31.7. The van der Waals surface area contributed by atoms with E-state index < -0.39 is 23.8 Å². The Hall–Kier alpha value is -4.22. The summed E-state index contributed by atoms with van der Waals surface area (Å²) in [5.41, 5.74) is 5.72. The molecule has 1 fully saturated rings. The summed E-state index contributed by atoms with van der Waals surface area (Å²) >= 11 is 6.34. The average Bonchev–Trinajstić information content (AvgIpc) is 3.23. The number of para-hydroxylation sites is 1. The minimum Gasteiger partial charge on any atom is -0.323 e. The lowest BCUT2D eigenvalue weighted by atomic mass is 9.55. The second-order valence-electron chi connectivity index (χ2n) is 10.5. The van der Waals surface area contributed by atoms with E-state index in [9.17, 15) is 14.4 Å². The molecule has 1 heterocycles. The molecule has 3 aliphatic carbocycles. The third-order valence-electron chi connectivity index (χ3n) is 8.50. The molecule has 4 aromatic rings. The van der Waals surface area contributed by atoms with Crippen molar-refractivity contribution in [2.24, 2.45) is 11.8 Å². The second kappa shape index (κ2) is 9.21. The number of anilines is 1. The highest BCUT2D eigenvalue weighted by atomic mass is 35.5. The highest BCUT2D eigenvalue weighted by Crippen LogP contribution is 2.61. The number of hydrogen-bond donors (Lipinski definition) is 1. The van der Waals surface area contributed by atoms with Gasteiger partial charge < -0.3 is 5.32 Å². The lowest BCUT2D eigenvalue weighted by Crippen LogP contribution is -2.49. The first-order chi connectivity index (χ1) is 19.0. The monoisotopic (exact) mass is 532 g/mol. The van der Waals surface area contributed by atoms with Crippen LogP contribution in [0.5, 0.6) is 0 Å². The maximum Gasteiger partial charge on any atom is 0.248 e. The van der Waals surface area contributed by atoms with Crippen LogP contribution in [0.4, 0.5) is 5.69 Å². The number of likely N-dealkylation sites (tertiary alicyclic amines) is 1. The Labute approximate surface area is 231 Å². The van der Waals surface area contributed by atoms with Crippen LogP contribution in [0, 0.1) is 11.8 Å². The van der Waals surface area contributed by atoms with Crippen molar-refractivity contribution < 1.29 is 14.4 Å². The molecule has 0 aromatic heterocycles. The van der Waals surface area contributed by atoms with Gasteiger partial charge in [0.1, 0.15) is 6.04 Å². The first-order valence-corrected chi connectivity index (χ1v) is 13.6. The second-order valence-corrected chi connectivity index (χ2v) is 10.9. The molecule has 3 amide bonds. The SMILES string of the molecule is O=C(Nc1ccccc1Cl)[C@H](Cc1ccccc1)N1C(=O)[C@H]2C3c4ccccc4C(c4ccccc43)[C@@H]2C1=O. The van der Waals surface area contributed by atoms with Crippen LogP contribution in [0.25, 0.3) is 0 Å². The Kier molecular flexibility index (Phi) is 5.64. The number of benzene rings is 4. The molecular weight excluding hydrogens is 508 g/mol. The van der Waals surface area contributed by atoms with Gasteiger partial charge in [-0.2, -0.15) is 0 Å². The first-order valence-electron chi connectivity index (χ1n) is 13.2. The number of nitrogens with one attached hydrogen (secondary N) is 1. The van der Waals surface area contributed by atoms with Gasteiger partial charge in [0.15, 0.2) is 0 Å². The zero-order valence-corrected chi connectivity index (χ0v) is 21.7. The lowest BCUT2D eigenvalue weighted by Gasteiger charge is -2.45. The number of nitrogens with zero attached hydrogens (tertiary/aromatic N) is 1. The standard InChI is InChI=1S/C33H25ClN2O3/c34-24-16-8-9-17-25(24)35-31(37)26(18-19-10-2-1-3-11-19)36-32(38)29-27-20-12-4-5-13-21(20)28(30(29)33(36)39)23-15-7-6-14-22(23)27/h1-17,26-30H,18H2,(H,35,37)/t26-,27?,28?,29-,30-/m0/s1. The van der Waals surface area contributed by atoms with Crippen molar-refractivity contribution in [1.29, 1.82) is 0 Å². The molecule has 5 nitrogen and oxygen atoms in total. The predicted octanol–water partition coefficient (Wildman–Crippen LogP) is 5.78. The van der Waals surface area contributed by atoms with Crippen LogP contribution in [0.15, 0.2) is 103 Å². The Morgan fingerprint density at radius 3 is 1.67 bits per heavy atom. The van der Waals surface area contributed by atoms with Gasteiger partial charge in [-0.15, -0.1) is 0 Å². The largest absolute Gasteiger partial charge is 0.323 e. The van der Waals surface area contributed by atoms with Crippen LogP contribution >= 0.6 is 11.6 Å². The average molecular weight is 533 g/mol. The van der Waals surface area contributed by atoms with E-state index in [1.54, 1.807) is 24.3 Å². The van der Waals surface area contributed by atoms with Gasteiger partial charge in [-0.3, -0.25) is 19.3 Å². The summed E-state index contributed by atoms with van der Waals surface area (Å²) in [4.78, 5) is 43.7. The molecule has 192 valence electrons. The highest BCUT2D eigenvalue weighted by molar-refractivity contribution is 6.33. The summed E-state index contributed by atoms with van der Waals surface area (Å²) < 4.78 is 0. The fraction of sp³-hybridized carbons (Fsp3) is 0.182. The van der Waals surface area contributed by atoms with Gasteiger partial charge in [0.25, 0.3) is 0 Å². The van der Waals surface area contributed by atoms with Crippen molar-refractivity contribution in [2.75, 3.05) is 5.32 Å². The quantitative estimate of drug-likeness (QED) is 0.331. The molecule has 8 rings (SSSR count). The molecule has 1 N–H and O–H groups in total. The maximum absolute atomic E-state index is 14.3. The molecule has 1 saturated heterocycles. The Morgan fingerprint density at radius 2 is 1.15 bits per heavy atom. The van der Waals surface area contributed by atoms with Crippen LogP contribution in [0.2, 0.25) is 5.02 Å². The Morgan fingerprint density at radius 1 is 0.692 bits per heavy atom. The zero-order valence-electron chi connectivity index (χ0n) is 21.0. The van der Waals surface area contributed by atoms with Gasteiger partial charge in [-0.05, 0) is 39.9 Å². The maximum atomic E-state index is 14.3. The number of hydrogen-bond acceptors (Lipinski definition) is 3. The molecule has 3 atom stereocenters. The van der Waals surface area contributed by atoms with Crippen LogP contribution in [0.3, 0.4) is 0 Å². The van der Waals surface area contributed by atoms with Gasteiger partial charge in [0, 0.05) is 18.3 Å². The predicted molar refractivity (Wildman–Crippen MR) is 149 cm³/mol. The van der Waals surface area contributed by atoms with E-state index in [4.69, 9.17) is 11.6 Å². The molecule has 4 aromatic carbocycles. The zero-order chi connectivity index (χ0) is 26.7. The third-order valence-corrected chi connectivity index (χ3v) is 8.83. The minimum atomic E-state index is -1.01. The van der Waals surface area contributed by atoms with Crippen molar-refractivity contribution in [3.8, 4) is 0 Å². The van der Waals surface area contributed by atoms with E-state index in [2.05, 4.69) is 29.6 Å². The van der Waals surface area contributed by atoms with Crippen LogP contribution < -0.4 is 5.32 Å². The van der Waals surface area contributed by atoms with Gasteiger partial charge in [-0.25, -0.2) is 0 Å². The summed E-state index contributed by atoms with van der Waals surface area (Å²) in [6.45, 7) is 0. The highest BCUT2D eigenvalue weighted by Gasteiger charge is 2.63. The number of carbonyl (C=O) groups is 3. The van der Waals surface area contributed by atoms with Crippen molar-refractivity contribution in [3.63, 3.8) is 0 Å². The topological polar surface area (TPSA) is 66.5 Å². The molecule has 39 heavy (non-hydrogen) atoms. The number of halogens is 1. The number of amides is 3. The summed E-state index contributed by atoms with van der Waals surface area (Å²) in [7, 11) is 0. The van der Waals surface area contributed by atoms with Gasteiger partial charge in [-0.1, -0.05) is 103 Å². The molecule has 4 aliphatic rings. The normalized spacial score (nSPS) is 23.2. The number of imide groups is 1. The fourth-order valence-electron chi connectivity index (χ4n) is 6.92. The summed E-state index contributed by atoms with van der Waals surface area (Å²) in [5.74, 6) is -2.53. The van der Waals surface area contributed by atoms with E-state index >= 15 is 0 Å². The third kappa shape index (κ3) is 3.64. The molecule has 0 radical (unpaired) electrons.